The van der Waals surface area contributed by atoms with Crippen molar-refractivity contribution in [2.75, 3.05) is 37.6 Å². The smallest absolute Gasteiger partial charge is 0.319 e. The Balaban J connectivity index is 1.32. The van der Waals surface area contributed by atoms with E-state index in [0.717, 1.165) is 18.9 Å². The molecule has 0 radical (unpaired) electrons. The summed E-state index contributed by atoms with van der Waals surface area (Å²) >= 11 is 0. The summed E-state index contributed by atoms with van der Waals surface area (Å²) in [5.41, 5.74) is -2.10. The van der Waals surface area contributed by atoms with Crippen molar-refractivity contribution < 1.29 is 28.5 Å². The van der Waals surface area contributed by atoms with Gasteiger partial charge in [0, 0.05) is 55.3 Å². The van der Waals surface area contributed by atoms with Gasteiger partial charge in [0.1, 0.15) is 42.7 Å². The Labute approximate surface area is 257 Å². The van der Waals surface area contributed by atoms with Crippen molar-refractivity contribution in [1.29, 1.82) is 0 Å². The van der Waals surface area contributed by atoms with Crippen LogP contribution in [0.15, 0.2) is 30.5 Å². The summed E-state index contributed by atoms with van der Waals surface area (Å²) in [6.45, 7) is -1.16. The fourth-order valence-corrected chi connectivity index (χ4v) is 7.41. The molecule has 9 rings (SSSR count). The van der Waals surface area contributed by atoms with Gasteiger partial charge in [-0.1, -0.05) is 12.0 Å². The molecule has 4 aromatic rings. The van der Waals surface area contributed by atoms with Crippen molar-refractivity contribution in [2.45, 2.75) is 55.9 Å². The van der Waals surface area contributed by atoms with Crippen molar-refractivity contribution in [3.05, 3.63) is 47.7 Å². The molecule has 5 aliphatic heterocycles. The minimum absolute atomic E-state index is 0.0126. The molecule has 11 heteroatoms. The van der Waals surface area contributed by atoms with Crippen LogP contribution in [0, 0.1) is 24.0 Å². The third kappa shape index (κ3) is 4.26. The summed E-state index contributed by atoms with van der Waals surface area (Å²) in [5, 5.41) is 14.8. The van der Waals surface area contributed by atoms with Crippen LogP contribution in [0.5, 0.6) is 11.8 Å². The number of nitrogens with one attached hydrogen (secondary N) is 1. The second kappa shape index (κ2) is 10.2. The number of halogens is 3. The van der Waals surface area contributed by atoms with Crippen molar-refractivity contribution in [3.8, 4) is 35.3 Å². The number of piperazine rings is 1. The number of terminal acetylenes is 1. The summed E-state index contributed by atoms with van der Waals surface area (Å²) in [4.78, 5) is 17.1. The molecule has 2 bridgehead atoms. The topological polar surface area (TPSA) is 86.6 Å². The Hall–Kier alpha value is -4.14. The molecule has 226 valence electrons. The number of nitrogens with zero attached hydrogens (tertiary/aromatic N) is 5. The van der Waals surface area contributed by atoms with Crippen LogP contribution in [-0.4, -0.2) is 81.5 Å². The Kier molecular flexibility index (Phi) is 5.40. The van der Waals surface area contributed by atoms with Crippen LogP contribution >= 0.6 is 0 Å². The summed E-state index contributed by atoms with van der Waals surface area (Å²) in [6, 6.07) is 4.89. The summed E-state index contributed by atoms with van der Waals surface area (Å²) in [7, 11) is 0. The number of ether oxygens (including phenoxy) is 1. The molecule has 5 aliphatic rings. The van der Waals surface area contributed by atoms with E-state index in [1.165, 1.54) is 24.4 Å². The number of hydrogen-bond donors (Lipinski definition) is 2. The van der Waals surface area contributed by atoms with Crippen LogP contribution in [0.25, 0.3) is 32.9 Å². The van der Waals surface area contributed by atoms with Gasteiger partial charge in [-0.3, -0.25) is 9.88 Å². The Morgan fingerprint density at radius 1 is 1.27 bits per heavy atom. The second-order valence-electron chi connectivity index (χ2n) is 12.1. The van der Waals surface area contributed by atoms with Gasteiger partial charge in [0.2, 0.25) is 0 Å². The highest BCUT2D eigenvalue weighted by atomic mass is 19.1. The minimum Gasteiger partial charge on any atom is -0.508 e. The highest BCUT2D eigenvalue weighted by Gasteiger charge is 2.49. The molecule has 2 aromatic carbocycles. The van der Waals surface area contributed by atoms with Crippen molar-refractivity contribution in [3.63, 3.8) is 0 Å². The fourth-order valence-electron chi connectivity index (χ4n) is 7.41. The van der Waals surface area contributed by atoms with Crippen molar-refractivity contribution >= 4 is 27.5 Å². The van der Waals surface area contributed by atoms with Gasteiger partial charge < -0.3 is 20.1 Å². The maximum atomic E-state index is 16.9. The standard InChI is InChI=1S/C33H31F3N6O2/c1-2-23-26(35)7-4-18-10-22(43)11-24(27(18)23)29-28(36)30-25(14-38-29)31(42-16-20-5-6-21(42)13-37-20)40-32(39-30)44-17-33-8-3-9-41(33)15-19(34)12-33/h1,4,7,10-11,14,19-21,37,43H,3,5-6,8-9,12-13,15-17H2/t19-,20?,21?,33+/m0/s1/i1D,17D2,19D. The molecule has 0 saturated carbocycles. The highest BCUT2D eigenvalue weighted by molar-refractivity contribution is 6.03. The molecule has 2 unspecified atom stereocenters. The zero-order valence-corrected chi connectivity index (χ0v) is 23.6. The van der Waals surface area contributed by atoms with E-state index in [1.54, 1.807) is 4.90 Å². The maximum absolute atomic E-state index is 16.9. The number of phenolic OH excluding ortho intramolecular Hbond substituents is 1. The fraction of sp³-hybridized carbons (Fsp3) is 0.424. The number of aromatic nitrogens is 3. The number of phenols is 1. The van der Waals surface area contributed by atoms with Crippen molar-refractivity contribution in [2.24, 2.45) is 0 Å². The number of benzene rings is 2. The molecule has 4 atom stereocenters. The molecular weight excluding hydrogens is 569 g/mol. The van der Waals surface area contributed by atoms with Gasteiger partial charge in [-0.05, 0) is 55.8 Å². The lowest BCUT2D eigenvalue weighted by molar-refractivity contribution is 0.107. The monoisotopic (exact) mass is 604 g/mol. The first-order chi connectivity index (χ1) is 22.9. The minimum atomic E-state index is -2.54. The number of rotatable bonds is 5. The van der Waals surface area contributed by atoms with E-state index in [2.05, 4.69) is 26.2 Å². The molecule has 5 fully saturated rings. The SMILES string of the molecule is [2H]C#Cc1c(F)ccc2cc(O)cc(-c3ncc4c(N5CC6CCC5CN6)nc(OC([2H])([2H])[C@]56CCCN5C[C@@]([2H])(F)C6)nc4c3F)c12. The normalized spacial score (nSPS) is 29.6. The number of aromatic hydroxyl groups is 1. The predicted octanol–water partition coefficient (Wildman–Crippen LogP) is 4.71. The summed E-state index contributed by atoms with van der Waals surface area (Å²) in [6.07, 6.45) is 3.26. The van der Waals surface area contributed by atoms with E-state index in [4.69, 9.17) is 10.2 Å². The number of fused-ring (bicyclic) bond motifs is 6. The Morgan fingerprint density at radius 2 is 2.18 bits per heavy atom. The third-order valence-corrected chi connectivity index (χ3v) is 9.50. The Bertz CT molecular complexity index is 2050. The molecule has 2 aromatic heterocycles. The summed E-state index contributed by atoms with van der Waals surface area (Å²) < 4.78 is 86.4. The van der Waals surface area contributed by atoms with Crippen LogP contribution in [0.2, 0.25) is 0 Å². The largest absolute Gasteiger partial charge is 0.508 e. The zero-order valence-electron chi connectivity index (χ0n) is 27.6. The van der Waals surface area contributed by atoms with E-state index in [9.17, 15) is 13.9 Å². The first-order valence-corrected chi connectivity index (χ1v) is 14.8. The van der Waals surface area contributed by atoms with Crippen LogP contribution in [0.3, 0.4) is 0 Å². The first-order valence-electron chi connectivity index (χ1n) is 16.8. The second-order valence-corrected chi connectivity index (χ2v) is 12.1. The van der Waals surface area contributed by atoms with Gasteiger partial charge in [-0.2, -0.15) is 9.97 Å². The molecule has 8 nitrogen and oxygen atoms in total. The van der Waals surface area contributed by atoms with Crippen LogP contribution < -0.4 is 15.0 Å². The lowest BCUT2D eigenvalue weighted by atomic mass is 9.92. The van der Waals surface area contributed by atoms with E-state index < -0.39 is 42.3 Å². The van der Waals surface area contributed by atoms with Crippen LogP contribution in [-0.2, 0) is 0 Å². The molecule has 0 aliphatic carbocycles. The van der Waals surface area contributed by atoms with Gasteiger partial charge in [-0.25, -0.2) is 13.2 Å². The average molecular weight is 605 g/mol. The van der Waals surface area contributed by atoms with Gasteiger partial charge in [0.05, 0.1) is 20.6 Å². The Morgan fingerprint density at radius 3 is 2.98 bits per heavy atom. The average Bonchev–Trinajstić information content (AvgIpc) is 3.57. The van der Waals surface area contributed by atoms with Gasteiger partial charge in [0.15, 0.2) is 5.82 Å². The van der Waals surface area contributed by atoms with Gasteiger partial charge >= 0.3 is 6.01 Å². The van der Waals surface area contributed by atoms with E-state index in [1.807, 2.05) is 11.3 Å². The molecule has 2 N–H and O–H groups in total. The third-order valence-electron chi connectivity index (χ3n) is 9.50. The van der Waals surface area contributed by atoms with Gasteiger partial charge in [0.25, 0.3) is 0 Å². The quantitative estimate of drug-likeness (QED) is 0.317. The zero-order chi connectivity index (χ0) is 33.6. The molecule has 7 heterocycles. The van der Waals surface area contributed by atoms with E-state index >= 15 is 4.39 Å². The van der Waals surface area contributed by atoms with Crippen LogP contribution in [0.1, 0.15) is 43.2 Å². The lowest BCUT2D eigenvalue weighted by Crippen LogP contribution is -2.61. The number of pyridine rings is 1. The van der Waals surface area contributed by atoms with Crippen molar-refractivity contribution in [1.82, 2.24) is 25.2 Å². The van der Waals surface area contributed by atoms with E-state index in [-0.39, 0.29) is 63.9 Å². The van der Waals surface area contributed by atoms with E-state index in [0.29, 0.717) is 37.3 Å². The highest BCUT2D eigenvalue weighted by Crippen LogP contribution is 2.42. The molecule has 5 saturated heterocycles. The first kappa shape index (κ1) is 23.3. The number of alkyl halides is 1. The predicted molar refractivity (Wildman–Crippen MR) is 160 cm³/mol. The number of anilines is 1. The van der Waals surface area contributed by atoms with Crippen LogP contribution in [0.4, 0.5) is 19.0 Å². The molecule has 0 spiro atoms. The number of hydrogen-bond acceptors (Lipinski definition) is 8. The summed E-state index contributed by atoms with van der Waals surface area (Å²) in [5.74, 6) is 0.817. The maximum Gasteiger partial charge on any atom is 0.319 e. The molecule has 0 amide bonds. The lowest BCUT2D eigenvalue weighted by Gasteiger charge is -2.46. The molecule has 44 heavy (non-hydrogen) atoms. The molecular formula is C33H31F3N6O2. The number of piperidine rings is 2. The van der Waals surface area contributed by atoms with Gasteiger partial charge in [-0.15, -0.1) is 6.40 Å².